The van der Waals surface area contributed by atoms with E-state index in [4.69, 9.17) is 5.26 Å². The number of hydrogen-bond acceptors (Lipinski definition) is 5. The van der Waals surface area contributed by atoms with E-state index in [0.717, 1.165) is 0 Å². The summed E-state index contributed by atoms with van der Waals surface area (Å²) < 4.78 is 37.9. The molecule has 0 aliphatic carbocycles. The molecule has 1 aromatic heterocycles. The Morgan fingerprint density at radius 2 is 2.24 bits per heavy atom. The molecule has 116 valence electrons. The van der Waals surface area contributed by atoms with E-state index in [1.165, 1.54) is 11.0 Å². The number of amides is 2. The van der Waals surface area contributed by atoms with Crippen LogP contribution < -0.4 is 9.62 Å². The zero-order chi connectivity index (χ0) is 15.9. The maximum Gasteiger partial charge on any atom is 0.405 e. The van der Waals surface area contributed by atoms with Gasteiger partial charge in [0.15, 0.2) is 0 Å². The van der Waals surface area contributed by atoms with Crippen LogP contribution in [0.5, 0.6) is 0 Å². The van der Waals surface area contributed by atoms with E-state index in [1.807, 2.05) is 6.07 Å². The number of rotatable bonds is 6. The molecule has 0 fully saturated rings. The van der Waals surface area contributed by atoms with Crippen LogP contribution in [0.15, 0.2) is 6.33 Å². The number of anilines is 1. The number of nitriles is 1. The maximum absolute atomic E-state index is 12.0. The topological polar surface area (TPSA) is 86.8 Å². The first-order chi connectivity index (χ1) is 9.83. The summed E-state index contributed by atoms with van der Waals surface area (Å²) in [6, 6.07) is 0.937. The van der Waals surface area contributed by atoms with Gasteiger partial charge in [0.05, 0.1) is 6.07 Å². The quantitative estimate of drug-likeness (QED) is 0.618. The van der Waals surface area contributed by atoms with Crippen LogP contribution in [0.3, 0.4) is 0 Å². The van der Waals surface area contributed by atoms with Gasteiger partial charge < -0.3 is 5.32 Å². The molecule has 0 radical (unpaired) electrons. The van der Waals surface area contributed by atoms with Crippen LogP contribution in [0.1, 0.15) is 19.3 Å². The van der Waals surface area contributed by atoms with Crippen LogP contribution in [-0.4, -0.2) is 33.5 Å². The number of carbonyl (C=O) groups excluding carboxylic acids is 1. The van der Waals surface area contributed by atoms with E-state index < -0.39 is 18.8 Å². The summed E-state index contributed by atoms with van der Waals surface area (Å²) in [5.74, 6) is -0.127. The van der Waals surface area contributed by atoms with Gasteiger partial charge in [-0.05, 0) is 12.8 Å². The van der Waals surface area contributed by atoms with Gasteiger partial charge in [-0.1, -0.05) is 12.8 Å². The van der Waals surface area contributed by atoms with Gasteiger partial charge in [0.25, 0.3) is 5.95 Å². The maximum atomic E-state index is 12.0. The standard InChI is InChI=1S/C10H13F3N6OS/c11-10(12,13)6-15-9(20)19(21)8-16-7-18(17-8)5-3-1-2-4-14/h7,21H,1-3,5-6H2,(H,15,20). The van der Waals surface area contributed by atoms with Gasteiger partial charge in [0.1, 0.15) is 12.9 Å². The molecular weight excluding hydrogens is 309 g/mol. The number of aryl methyl sites for hydroxylation is 1. The molecule has 2 amide bonds. The minimum absolute atomic E-state index is 0.127. The van der Waals surface area contributed by atoms with E-state index in [0.29, 0.717) is 30.1 Å². The lowest BCUT2D eigenvalue weighted by Crippen LogP contribution is -2.40. The minimum atomic E-state index is -4.50. The molecule has 0 aromatic carbocycles. The first kappa shape index (κ1) is 17.1. The number of hydrogen-bond donors (Lipinski definition) is 2. The van der Waals surface area contributed by atoms with Crippen LogP contribution in [0.4, 0.5) is 23.9 Å². The monoisotopic (exact) mass is 322 g/mol. The Bertz CT molecular complexity index is 512. The van der Waals surface area contributed by atoms with E-state index in [1.54, 1.807) is 5.32 Å². The second-order valence-electron chi connectivity index (χ2n) is 4.01. The zero-order valence-electron chi connectivity index (χ0n) is 10.8. The molecule has 21 heavy (non-hydrogen) atoms. The van der Waals surface area contributed by atoms with Gasteiger partial charge in [0, 0.05) is 13.0 Å². The number of urea groups is 1. The Labute approximate surface area is 124 Å². The van der Waals surface area contributed by atoms with E-state index in [-0.39, 0.29) is 5.95 Å². The predicted octanol–water partition coefficient (Wildman–Crippen LogP) is 1.90. The summed E-state index contributed by atoms with van der Waals surface area (Å²) in [4.78, 5) is 15.2. The van der Waals surface area contributed by atoms with Crippen molar-refractivity contribution >= 4 is 24.8 Å². The van der Waals surface area contributed by atoms with Gasteiger partial charge in [-0.2, -0.15) is 23.4 Å². The molecule has 1 heterocycles. The highest BCUT2D eigenvalue weighted by atomic mass is 32.1. The molecule has 1 N–H and O–H groups in total. The Morgan fingerprint density at radius 1 is 1.52 bits per heavy atom. The molecule has 1 rings (SSSR count). The Kier molecular flexibility index (Phi) is 6.29. The van der Waals surface area contributed by atoms with Gasteiger partial charge in [-0.3, -0.25) is 4.68 Å². The fraction of sp³-hybridized carbons (Fsp3) is 0.600. The molecule has 11 heteroatoms. The number of aromatic nitrogens is 3. The van der Waals surface area contributed by atoms with Crippen molar-refractivity contribution < 1.29 is 18.0 Å². The Morgan fingerprint density at radius 3 is 2.86 bits per heavy atom. The molecule has 1 aromatic rings. The smallest absolute Gasteiger partial charge is 0.328 e. The number of nitrogens with zero attached hydrogens (tertiary/aromatic N) is 5. The van der Waals surface area contributed by atoms with E-state index >= 15 is 0 Å². The van der Waals surface area contributed by atoms with Gasteiger partial charge >= 0.3 is 12.2 Å². The molecule has 0 saturated heterocycles. The van der Waals surface area contributed by atoms with E-state index in [9.17, 15) is 18.0 Å². The van der Waals surface area contributed by atoms with Crippen molar-refractivity contribution in [2.75, 3.05) is 10.8 Å². The molecule has 7 nitrogen and oxygen atoms in total. The average Bonchev–Trinajstić information content (AvgIpc) is 2.88. The third kappa shape index (κ3) is 6.35. The molecule has 0 bridgehead atoms. The zero-order valence-corrected chi connectivity index (χ0v) is 11.7. The van der Waals surface area contributed by atoms with Crippen molar-refractivity contribution in [2.45, 2.75) is 32.0 Å². The minimum Gasteiger partial charge on any atom is -0.328 e. The summed E-state index contributed by atoms with van der Waals surface area (Å²) in [5, 5.41) is 13.9. The van der Waals surface area contributed by atoms with Crippen molar-refractivity contribution in [3.63, 3.8) is 0 Å². The van der Waals surface area contributed by atoms with Crippen LogP contribution in [0, 0.1) is 11.3 Å². The normalized spacial score (nSPS) is 11.0. The fourth-order valence-corrected chi connectivity index (χ4v) is 1.47. The molecule has 0 saturated carbocycles. The highest BCUT2D eigenvalue weighted by Gasteiger charge is 2.29. The van der Waals surface area contributed by atoms with E-state index in [2.05, 4.69) is 22.9 Å². The molecule has 0 aliphatic rings. The van der Waals surface area contributed by atoms with Gasteiger partial charge in [-0.25, -0.2) is 9.10 Å². The summed E-state index contributed by atoms with van der Waals surface area (Å²) in [6.07, 6.45) is -1.34. The number of halogens is 3. The first-order valence-corrected chi connectivity index (χ1v) is 6.33. The lowest BCUT2D eigenvalue weighted by molar-refractivity contribution is -0.122. The third-order valence-electron chi connectivity index (χ3n) is 2.27. The van der Waals surface area contributed by atoms with Crippen molar-refractivity contribution in [1.82, 2.24) is 20.1 Å². The highest BCUT2D eigenvalue weighted by molar-refractivity contribution is 7.82. The molecule has 0 unspecified atom stereocenters. The van der Waals surface area contributed by atoms with Gasteiger partial charge in [0.2, 0.25) is 0 Å². The summed E-state index contributed by atoms with van der Waals surface area (Å²) >= 11 is 3.75. The largest absolute Gasteiger partial charge is 0.405 e. The Hall–Kier alpha value is -1.96. The van der Waals surface area contributed by atoms with Crippen LogP contribution in [-0.2, 0) is 6.54 Å². The van der Waals surface area contributed by atoms with Crippen LogP contribution in [0.25, 0.3) is 0 Å². The number of carbonyl (C=O) groups is 1. The second-order valence-corrected chi connectivity index (χ2v) is 4.41. The number of thiol groups is 1. The molecular formula is C10H13F3N6OS. The lowest BCUT2D eigenvalue weighted by atomic mass is 10.2. The predicted molar refractivity (Wildman–Crippen MR) is 70.4 cm³/mol. The number of alkyl halides is 3. The average molecular weight is 322 g/mol. The molecule has 0 atom stereocenters. The molecule has 0 spiro atoms. The first-order valence-electron chi connectivity index (χ1n) is 5.93. The summed E-state index contributed by atoms with van der Waals surface area (Å²) in [5.41, 5.74) is 0. The van der Waals surface area contributed by atoms with Crippen LogP contribution in [0.2, 0.25) is 0 Å². The second kappa shape index (κ2) is 7.72. The lowest BCUT2D eigenvalue weighted by Gasteiger charge is -2.13. The SMILES string of the molecule is N#CCCCCn1cnc(N(S)C(=O)NCC(F)(F)F)n1. The Balaban J connectivity index is 2.47. The highest BCUT2D eigenvalue weighted by Crippen LogP contribution is 2.14. The van der Waals surface area contributed by atoms with Crippen molar-refractivity contribution in [1.29, 1.82) is 5.26 Å². The number of unbranched alkanes of at least 4 members (excludes halogenated alkanes) is 2. The third-order valence-corrected chi connectivity index (χ3v) is 2.63. The summed E-state index contributed by atoms with van der Waals surface area (Å²) in [7, 11) is 0. The van der Waals surface area contributed by atoms with Crippen LogP contribution >= 0.6 is 12.8 Å². The number of nitrogens with one attached hydrogen (secondary N) is 1. The van der Waals surface area contributed by atoms with Crippen molar-refractivity contribution in [3.8, 4) is 6.07 Å². The van der Waals surface area contributed by atoms with Crippen molar-refractivity contribution in [3.05, 3.63) is 6.33 Å². The van der Waals surface area contributed by atoms with Crippen molar-refractivity contribution in [2.24, 2.45) is 0 Å². The van der Waals surface area contributed by atoms with Gasteiger partial charge in [-0.15, -0.1) is 5.10 Å². The fourth-order valence-electron chi connectivity index (χ4n) is 1.31. The summed E-state index contributed by atoms with van der Waals surface area (Å²) in [6.45, 7) is -0.974. The molecule has 0 aliphatic heterocycles.